The Labute approximate surface area is 122 Å². The van der Waals surface area contributed by atoms with Gasteiger partial charge in [0, 0.05) is 19.8 Å². The smallest absolute Gasteiger partial charge is 0.335 e. The maximum absolute atomic E-state index is 12.2. The molecule has 2 amide bonds. The number of carboxylic acid groups (broad SMARTS) is 1. The van der Waals surface area contributed by atoms with E-state index in [0.29, 0.717) is 19.6 Å². The van der Waals surface area contributed by atoms with E-state index in [2.05, 4.69) is 0 Å². The number of hydrogen-bond acceptors (Lipinski definition) is 4. The van der Waals surface area contributed by atoms with Crippen LogP contribution in [0.1, 0.15) is 50.8 Å². The Hall–Kier alpha value is -2.21. The van der Waals surface area contributed by atoms with Crippen LogP contribution in [-0.2, 0) is 4.74 Å². The van der Waals surface area contributed by atoms with Crippen LogP contribution in [0, 0.1) is 0 Å². The lowest BCUT2D eigenvalue weighted by molar-refractivity contribution is 0.0625. The second-order valence-corrected chi connectivity index (χ2v) is 4.79. The van der Waals surface area contributed by atoms with E-state index in [9.17, 15) is 14.4 Å². The summed E-state index contributed by atoms with van der Waals surface area (Å²) in [6.07, 6.45) is 1.49. The highest BCUT2D eigenvalue weighted by Gasteiger charge is 2.35. The van der Waals surface area contributed by atoms with Gasteiger partial charge in [0.15, 0.2) is 0 Å². The molecule has 1 aliphatic rings. The van der Waals surface area contributed by atoms with Crippen molar-refractivity contribution in [2.75, 3.05) is 19.8 Å². The lowest BCUT2D eigenvalue weighted by Gasteiger charge is -2.13. The monoisotopic (exact) mass is 291 g/mol. The van der Waals surface area contributed by atoms with E-state index in [1.54, 1.807) is 0 Å². The van der Waals surface area contributed by atoms with Crippen LogP contribution < -0.4 is 0 Å². The van der Waals surface area contributed by atoms with Crippen molar-refractivity contribution in [3.8, 4) is 0 Å². The molecule has 0 bridgehead atoms. The summed E-state index contributed by atoms with van der Waals surface area (Å²) >= 11 is 0. The summed E-state index contributed by atoms with van der Waals surface area (Å²) < 4.78 is 5.31. The maximum Gasteiger partial charge on any atom is 0.335 e. The quantitative estimate of drug-likeness (QED) is 0.611. The molecule has 0 atom stereocenters. The highest BCUT2D eigenvalue weighted by atomic mass is 16.5. The molecule has 0 radical (unpaired) electrons. The highest BCUT2D eigenvalue weighted by molar-refractivity contribution is 6.21. The summed E-state index contributed by atoms with van der Waals surface area (Å²) in [7, 11) is 0. The van der Waals surface area contributed by atoms with E-state index in [-0.39, 0.29) is 29.1 Å². The third-order valence-corrected chi connectivity index (χ3v) is 3.24. The number of carbonyl (C=O) groups is 3. The molecule has 0 spiro atoms. The molecule has 0 saturated carbocycles. The van der Waals surface area contributed by atoms with Crippen LogP contribution in [0.5, 0.6) is 0 Å². The van der Waals surface area contributed by atoms with Crippen molar-refractivity contribution in [2.24, 2.45) is 0 Å². The molecule has 0 aromatic heterocycles. The molecular formula is C15H17NO5. The van der Waals surface area contributed by atoms with E-state index in [1.807, 2.05) is 6.92 Å². The first-order valence-electron chi connectivity index (χ1n) is 6.87. The van der Waals surface area contributed by atoms with Gasteiger partial charge in [0.1, 0.15) is 0 Å². The molecule has 0 saturated heterocycles. The van der Waals surface area contributed by atoms with Gasteiger partial charge >= 0.3 is 5.97 Å². The van der Waals surface area contributed by atoms with Crippen molar-refractivity contribution < 1.29 is 24.2 Å². The Morgan fingerprint density at radius 2 is 1.90 bits per heavy atom. The number of amides is 2. The van der Waals surface area contributed by atoms with E-state index in [0.717, 1.165) is 11.3 Å². The minimum absolute atomic E-state index is 0.00280. The number of hydrogen-bond donors (Lipinski definition) is 1. The fraction of sp³-hybridized carbons (Fsp3) is 0.400. The lowest BCUT2D eigenvalue weighted by Crippen LogP contribution is -2.31. The van der Waals surface area contributed by atoms with Crippen molar-refractivity contribution >= 4 is 17.8 Å². The number of rotatable bonds is 7. The molecule has 0 fully saturated rings. The molecule has 0 unspecified atom stereocenters. The van der Waals surface area contributed by atoms with Gasteiger partial charge in [-0.3, -0.25) is 14.5 Å². The minimum Gasteiger partial charge on any atom is -0.478 e. The summed E-state index contributed by atoms with van der Waals surface area (Å²) in [5, 5.41) is 8.93. The van der Waals surface area contributed by atoms with Crippen molar-refractivity contribution in [3.05, 3.63) is 34.9 Å². The Morgan fingerprint density at radius 3 is 2.57 bits per heavy atom. The fourth-order valence-electron chi connectivity index (χ4n) is 2.20. The second-order valence-electron chi connectivity index (χ2n) is 4.79. The van der Waals surface area contributed by atoms with Gasteiger partial charge in [-0.15, -0.1) is 0 Å². The van der Waals surface area contributed by atoms with Gasteiger partial charge in [-0.1, -0.05) is 6.92 Å². The molecule has 1 aromatic rings. The van der Waals surface area contributed by atoms with Crippen molar-refractivity contribution in [1.29, 1.82) is 0 Å². The zero-order valence-electron chi connectivity index (χ0n) is 11.8. The molecule has 21 heavy (non-hydrogen) atoms. The number of imide groups is 1. The first-order valence-corrected chi connectivity index (χ1v) is 6.87. The summed E-state index contributed by atoms with van der Waals surface area (Å²) in [6, 6.07) is 3.98. The van der Waals surface area contributed by atoms with Gasteiger partial charge in [-0.25, -0.2) is 4.79 Å². The van der Waals surface area contributed by atoms with Crippen LogP contribution in [-0.4, -0.2) is 47.5 Å². The SMILES string of the molecule is CCCOCCCN1C(=O)c2ccc(C(=O)O)cc2C1=O. The second kappa shape index (κ2) is 6.49. The standard InChI is InChI=1S/C15H17NO5/c1-2-7-21-8-3-6-16-13(17)11-5-4-10(15(19)20)9-12(11)14(16)18/h4-5,9H,2-3,6-8H2,1H3,(H,19,20). The molecule has 2 rings (SSSR count). The Morgan fingerprint density at radius 1 is 1.19 bits per heavy atom. The third kappa shape index (κ3) is 3.11. The molecule has 1 heterocycles. The summed E-state index contributed by atoms with van der Waals surface area (Å²) in [5.74, 6) is -1.93. The normalized spacial score (nSPS) is 13.7. The van der Waals surface area contributed by atoms with Gasteiger partial charge in [-0.2, -0.15) is 0 Å². The molecule has 112 valence electrons. The number of ether oxygens (including phenoxy) is 1. The number of aromatic carboxylic acids is 1. The Balaban J connectivity index is 2.06. The van der Waals surface area contributed by atoms with E-state index >= 15 is 0 Å². The number of benzene rings is 1. The summed E-state index contributed by atoms with van der Waals surface area (Å²) in [4.78, 5) is 36.4. The van der Waals surface area contributed by atoms with Gasteiger partial charge in [0.05, 0.1) is 16.7 Å². The molecule has 6 nitrogen and oxygen atoms in total. The summed E-state index contributed by atoms with van der Waals surface area (Å²) in [5.41, 5.74) is 0.428. The Bertz CT molecular complexity index is 581. The predicted octanol–water partition coefficient (Wildman–Crippen LogP) is 1.80. The van der Waals surface area contributed by atoms with Crippen molar-refractivity contribution in [3.63, 3.8) is 0 Å². The van der Waals surface area contributed by atoms with Gasteiger partial charge in [0.25, 0.3) is 11.8 Å². The topological polar surface area (TPSA) is 83.9 Å². The minimum atomic E-state index is -1.12. The number of fused-ring (bicyclic) bond motifs is 1. The van der Waals surface area contributed by atoms with Gasteiger partial charge < -0.3 is 9.84 Å². The van der Waals surface area contributed by atoms with E-state index in [4.69, 9.17) is 9.84 Å². The third-order valence-electron chi connectivity index (χ3n) is 3.24. The van der Waals surface area contributed by atoms with Crippen LogP contribution in [0.4, 0.5) is 0 Å². The number of carbonyl (C=O) groups excluding carboxylic acids is 2. The van der Waals surface area contributed by atoms with Gasteiger partial charge in [-0.05, 0) is 31.0 Å². The first-order chi connectivity index (χ1) is 10.1. The fourth-order valence-corrected chi connectivity index (χ4v) is 2.20. The van der Waals surface area contributed by atoms with Crippen LogP contribution in [0.3, 0.4) is 0 Å². The van der Waals surface area contributed by atoms with E-state index < -0.39 is 11.9 Å². The highest BCUT2D eigenvalue weighted by Crippen LogP contribution is 2.24. The average molecular weight is 291 g/mol. The Kier molecular flexibility index (Phi) is 4.70. The van der Waals surface area contributed by atoms with Crippen molar-refractivity contribution in [1.82, 2.24) is 4.90 Å². The van der Waals surface area contributed by atoms with Crippen LogP contribution in [0.15, 0.2) is 18.2 Å². The number of nitrogens with zero attached hydrogens (tertiary/aromatic N) is 1. The molecule has 1 aliphatic heterocycles. The van der Waals surface area contributed by atoms with Crippen LogP contribution in [0.2, 0.25) is 0 Å². The largest absolute Gasteiger partial charge is 0.478 e. The van der Waals surface area contributed by atoms with Crippen LogP contribution in [0.25, 0.3) is 0 Å². The summed E-state index contributed by atoms with van der Waals surface area (Å²) in [6.45, 7) is 3.42. The lowest BCUT2D eigenvalue weighted by atomic mass is 10.1. The zero-order chi connectivity index (χ0) is 15.4. The average Bonchev–Trinajstić information content (AvgIpc) is 2.71. The molecule has 6 heteroatoms. The van der Waals surface area contributed by atoms with Crippen LogP contribution >= 0.6 is 0 Å². The maximum atomic E-state index is 12.2. The van der Waals surface area contributed by atoms with E-state index in [1.165, 1.54) is 18.2 Å². The number of carboxylic acids is 1. The molecular weight excluding hydrogens is 274 g/mol. The zero-order valence-corrected chi connectivity index (χ0v) is 11.8. The molecule has 1 aromatic carbocycles. The first kappa shape index (κ1) is 15.2. The van der Waals surface area contributed by atoms with Gasteiger partial charge in [0.2, 0.25) is 0 Å². The predicted molar refractivity (Wildman–Crippen MR) is 74.5 cm³/mol. The molecule has 1 N–H and O–H groups in total. The molecule has 0 aliphatic carbocycles. The van der Waals surface area contributed by atoms with Crippen molar-refractivity contribution in [2.45, 2.75) is 19.8 Å².